The minimum atomic E-state index is -0.0274. The molecule has 0 heterocycles. The molecule has 0 fully saturated rings. The van der Waals surface area contributed by atoms with Crippen LogP contribution in [-0.2, 0) is 9.53 Å². The van der Waals surface area contributed by atoms with Crippen LogP contribution >= 0.6 is 23.8 Å². The molecule has 0 radical (unpaired) electrons. The molecule has 0 saturated heterocycles. The van der Waals surface area contributed by atoms with Crippen LogP contribution in [0.1, 0.15) is 12.0 Å². The van der Waals surface area contributed by atoms with Gasteiger partial charge in [0.05, 0.1) is 11.6 Å². The fourth-order valence-corrected chi connectivity index (χ4v) is 2.04. The number of amides is 1. The average Bonchev–Trinajstić information content (AvgIpc) is 2.38. The first-order valence-corrected chi connectivity index (χ1v) is 6.92. The summed E-state index contributed by atoms with van der Waals surface area (Å²) in [5, 5.41) is 6.35. The van der Waals surface area contributed by atoms with E-state index in [1.165, 1.54) is 0 Å². The zero-order chi connectivity index (χ0) is 15.0. The smallest absolute Gasteiger partial charge is 0.221 e. The summed E-state index contributed by atoms with van der Waals surface area (Å²) >= 11 is 10.9. The van der Waals surface area contributed by atoms with E-state index in [2.05, 4.69) is 10.6 Å². The van der Waals surface area contributed by atoms with Gasteiger partial charge in [0.1, 0.15) is 4.99 Å². The SMILES string of the molecule is COCCNC(=O)CCNc1ccc(C(N)=S)c(Cl)c1. The van der Waals surface area contributed by atoms with Gasteiger partial charge in [0, 0.05) is 37.9 Å². The predicted octanol–water partition coefficient (Wildman–Crippen LogP) is 1.54. The molecule has 0 saturated carbocycles. The number of rotatable bonds is 8. The second kappa shape index (κ2) is 8.73. The van der Waals surface area contributed by atoms with Crippen molar-refractivity contribution in [3.63, 3.8) is 0 Å². The highest BCUT2D eigenvalue weighted by Gasteiger charge is 2.05. The molecule has 0 spiro atoms. The lowest BCUT2D eigenvalue weighted by molar-refractivity contribution is -0.121. The average molecular weight is 316 g/mol. The zero-order valence-electron chi connectivity index (χ0n) is 11.2. The third-order valence-electron chi connectivity index (χ3n) is 2.54. The number of carbonyl (C=O) groups is 1. The van der Waals surface area contributed by atoms with Gasteiger partial charge in [0.15, 0.2) is 0 Å². The van der Waals surface area contributed by atoms with Crippen LogP contribution in [0.3, 0.4) is 0 Å². The van der Waals surface area contributed by atoms with Gasteiger partial charge in [-0.3, -0.25) is 4.79 Å². The lowest BCUT2D eigenvalue weighted by Gasteiger charge is -2.09. The Balaban J connectivity index is 2.37. The summed E-state index contributed by atoms with van der Waals surface area (Å²) in [6.07, 6.45) is 0.373. The summed E-state index contributed by atoms with van der Waals surface area (Å²) in [5.74, 6) is -0.0274. The molecule has 5 nitrogen and oxygen atoms in total. The standard InChI is InChI=1S/C13H18ClN3O2S/c1-19-7-6-17-12(18)4-5-16-9-2-3-10(13(15)20)11(14)8-9/h2-3,8,16H,4-7H2,1H3,(H2,15,20)(H,17,18). The van der Waals surface area contributed by atoms with Crippen molar-refractivity contribution in [2.75, 3.05) is 32.1 Å². The van der Waals surface area contributed by atoms with E-state index in [1.54, 1.807) is 19.2 Å². The number of carbonyl (C=O) groups excluding carboxylic acids is 1. The number of anilines is 1. The maximum Gasteiger partial charge on any atom is 0.221 e. The van der Waals surface area contributed by atoms with Crippen molar-refractivity contribution >= 4 is 40.4 Å². The van der Waals surface area contributed by atoms with Gasteiger partial charge in [0.2, 0.25) is 5.91 Å². The summed E-state index contributed by atoms with van der Waals surface area (Å²) in [6.45, 7) is 1.54. The Kier molecular flexibility index (Phi) is 7.28. The van der Waals surface area contributed by atoms with E-state index in [-0.39, 0.29) is 10.9 Å². The molecule has 0 aliphatic carbocycles. The van der Waals surface area contributed by atoms with Gasteiger partial charge < -0.3 is 21.1 Å². The second-order valence-corrected chi connectivity index (χ2v) is 4.93. The van der Waals surface area contributed by atoms with Crippen LogP contribution in [0.2, 0.25) is 5.02 Å². The van der Waals surface area contributed by atoms with Crippen molar-refractivity contribution in [1.82, 2.24) is 5.32 Å². The molecular weight excluding hydrogens is 298 g/mol. The van der Waals surface area contributed by atoms with Crippen LogP contribution in [0.5, 0.6) is 0 Å². The van der Waals surface area contributed by atoms with E-state index in [4.69, 9.17) is 34.3 Å². The van der Waals surface area contributed by atoms with Crippen molar-refractivity contribution < 1.29 is 9.53 Å². The highest BCUT2D eigenvalue weighted by molar-refractivity contribution is 7.80. The summed E-state index contributed by atoms with van der Waals surface area (Å²) < 4.78 is 4.84. The van der Waals surface area contributed by atoms with Gasteiger partial charge >= 0.3 is 0 Å². The van der Waals surface area contributed by atoms with Crippen LogP contribution in [0.25, 0.3) is 0 Å². The number of benzene rings is 1. The number of methoxy groups -OCH3 is 1. The van der Waals surface area contributed by atoms with E-state index in [1.807, 2.05) is 6.07 Å². The molecular formula is C13H18ClN3O2S. The van der Waals surface area contributed by atoms with Crippen LogP contribution in [0.15, 0.2) is 18.2 Å². The Morgan fingerprint density at radius 1 is 1.45 bits per heavy atom. The lowest BCUT2D eigenvalue weighted by Crippen LogP contribution is -2.28. The number of halogens is 1. The number of nitrogens with two attached hydrogens (primary N) is 1. The van der Waals surface area contributed by atoms with Crippen LogP contribution in [-0.4, -0.2) is 37.7 Å². The fraction of sp³-hybridized carbons (Fsp3) is 0.385. The third kappa shape index (κ3) is 5.73. The van der Waals surface area contributed by atoms with Crippen molar-refractivity contribution in [2.45, 2.75) is 6.42 Å². The van der Waals surface area contributed by atoms with Gasteiger partial charge in [-0.05, 0) is 18.2 Å². The molecule has 110 valence electrons. The summed E-state index contributed by atoms with van der Waals surface area (Å²) in [4.78, 5) is 11.7. The second-order valence-electron chi connectivity index (χ2n) is 4.08. The Labute approximate surface area is 128 Å². The molecule has 0 aliphatic rings. The minimum absolute atomic E-state index is 0.0274. The largest absolute Gasteiger partial charge is 0.389 e. The number of hydrogen-bond acceptors (Lipinski definition) is 4. The summed E-state index contributed by atoms with van der Waals surface area (Å²) in [6, 6.07) is 5.31. The van der Waals surface area contributed by atoms with Crippen LogP contribution in [0.4, 0.5) is 5.69 Å². The molecule has 0 bridgehead atoms. The van der Waals surface area contributed by atoms with E-state index in [9.17, 15) is 4.79 Å². The molecule has 1 amide bonds. The van der Waals surface area contributed by atoms with Gasteiger partial charge in [-0.25, -0.2) is 0 Å². The third-order valence-corrected chi connectivity index (χ3v) is 3.08. The normalized spacial score (nSPS) is 10.1. The molecule has 0 aliphatic heterocycles. The van der Waals surface area contributed by atoms with Crippen molar-refractivity contribution in [3.8, 4) is 0 Å². The predicted molar refractivity (Wildman–Crippen MR) is 85.3 cm³/mol. The maximum atomic E-state index is 11.5. The van der Waals surface area contributed by atoms with E-state index in [0.29, 0.717) is 36.7 Å². The zero-order valence-corrected chi connectivity index (χ0v) is 12.8. The van der Waals surface area contributed by atoms with Gasteiger partial charge in [-0.2, -0.15) is 0 Å². The number of hydrogen-bond donors (Lipinski definition) is 3. The van der Waals surface area contributed by atoms with Crippen molar-refractivity contribution in [1.29, 1.82) is 0 Å². The molecule has 0 aromatic heterocycles. The highest BCUT2D eigenvalue weighted by Crippen LogP contribution is 2.20. The molecule has 7 heteroatoms. The van der Waals surface area contributed by atoms with E-state index < -0.39 is 0 Å². The van der Waals surface area contributed by atoms with E-state index >= 15 is 0 Å². The fourth-order valence-electron chi connectivity index (χ4n) is 1.53. The Bertz CT molecular complexity index is 483. The Morgan fingerprint density at radius 3 is 2.80 bits per heavy atom. The summed E-state index contributed by atoms with van der Waals surface area (Å²) in [7, 11) is 1.59. The Morgan fingerprint density at radius 2 is 2.20 bits per heavy atom. The number of nitrogens with one attached hydrogen (secondary N) is 2. The molecule has 1 aromatic carbocycles. The molecule has 0 atom stereocenters. The monoisotopic (exact) mass is 315 g/mol. The molecule has 20 heavy (non-hydrogen) atoms. The number of ether oxygens (including phenoxy) is 1. The van der Waals surface area contributed by atoms with Crippen molar-refractivity contribution in [2.24, 2.45) is 5.73 Å². The highest BCUT2D eigenvalue weighted by atomic mass is 35.5. The molecule has 1 aromatic rings. The van der Waals surface area contributed by atoms with E-state index in [0.717, 1.165) is 5.69 Å². The molecule has 4 N–H and O–H groups in total. The van der Waals surface area contributed by atoms with Crippen LogP contribution < -0.4 is 16.4 Å². The van der Waals surface area contributed by atoms with Gasteiger partial charge in [-0.15, -0.1) is 0 Å². The maximum absolute atomic E-state index is 11.5. The minimum Gasteiger partial charge on any atom is -0.389 e. The molecule has 0 unspecified atom stereocenters. The first-order valence-electron chi connectivity index (χ1n) is 6.13. The van der Waals surface area contributed by atoms with Gasteiger partial charge in [-0.1, -0.05) is 23.8 Å². The first-order chi connectivity index (χ1) is 9.54. The lowest BCUT2D eigenvalue weighted by atomic mass is 10.2. The van der Waals surface area contributed by atoms with Gasteiger partial charge in [0.25, 0.3) is 0 Å². The topological polar surface area (TPSA) is 76.4 Å². The first kappa shape index (κ1) is 16.7. The summed E-state index contributed by atoms with van der Waals surface area (Å²) in [5.41, 5.74) is 6.99. The van der Waals surface area contributed by atoms with Crippen molar-refractivity contribution in [3.05, 3.63) is 28.8 Å². The van der Waals surface area contributed by atoms with Crippen LogP contribution in [0, 0.1) is 0 Å². The quantitative estimate of drug-likeness (QED) is 0.501. The number of thiocarbonyl (C=S) groups is 1. The Hall–Kier alpha value is -1.37. The molecule has 1 rings (SSSR count).